The predicted octanol–water partition coefficient (Wildman–Crippen LogP) is 6.30. The lowest BCUT2D eigenvalue weighted by molar-refractivity contribution is 0.550. The molecule has 0 aliphatic carbocycles. The zero-order valence-electron chi connectivity index (χ0n) is 11.5. The molecular weight excluding hydrogens is 392 g/mol. The van der Waals surface area contributed by atoms with Crippen LogP contribution >= 0.6 is 50.7 Å². The molecule has 2 rings (SSSR count). The highest BCUT2D eigenvalue weighted by Gasteiger charge is 2.16. The van der Waals surface area contributed by atoms with Gasteiger partial charge < -0.3 is 5.32 Å². The fraction of sp³-hybridized carbons (Fsp3) is 0.250. The fourth-order valence-corrected chi connectivity index (χ4v) is 3.44. The number of rotatable bonds is 5. The first kappa shape index (κ1) is 17.1. The van der Waals surface area contributed by atoms with Crippen molar-refractivity contribution in [3.8, 4) is 0 Å². The van der Waals surface area contributed by atoms with E-state index in [0.717, 1.165) is 38.6 Å². The molecule has 0 aliphatic heterocycles. The first-order valence-electron chi connectivity index (χ1n) is 6.63. The molecule has 0 aromatic heterocycles. The van der Waals surface area contributed by atoms with Crippen molar-refractivity contribution in [3.63, 3.8) is 0 Å². The molecule has 1 N–H and O–H groups in total. The van der Waals surface area contributed by atoms with Crippen molar-refractivity contribution in [1.82, 2.24) is 5.32 Å². The van der Waals surface area contributed by atoms with E-state index in [9.17, 15) is 0 Å². The molecule has 5 heteroatoms. The molecule has 0 saturated carbocycles. The minimum Gasteiger partial charge on any atom is -0.310 e. The monoisotopic (exact) mass is 405 g/mol. The largest absolute Gasteiger partial charge is 0.310 e. The summed E-state index contributed by atoms with van der Waals surface area (Å²) in [6.45, 7) is 2.91. The zero-order chi connectivity index (χ0) is 15.4. The summed E-state index contributed by atoms with van der Waals surface area (Å²) in [7, 11) is 0. The van der Waals surface area contributed by atoms with Gasteiger partial charge in [0.05, 0.1) is 0 Å². The summed E-state index contributed by atoms with van der Waals surface area (Å²) in [4.78, 5) is 0. The summed E-state index contributed by atoms with van der Waals surface area (Å²) >= 11 is 22.1. The third-order valence-electron chi connectivity index (χ3n) is 3.22. The minimum atomic E-state index is 0.0894. The topological polar surface area (TPSA) is 12.0 Å². The maximum Gasteiger partial charge on any atom is 0.0465 e. The average molecular weight is 408 g/mol. The van der Waals surface area contributed by atoms with E-state index in [-0.39, 0.29) is 6.04 Å². The van der Waals surface area contributed by atoms with Crippen molar-refractivity contribution in [2.24, 2.45) is 0 Å². The number of halogens is 4. The highest BCUT2D eigenvalue weighted by Crippen LogP contribution is 2.31. The van der Waals surface area contributed by atoms with Crippen LogP contribution in [0.2, 0.25) is 15.1 Å². The standard InChI is InChI=1S/C16H15BrCl3N/c1-2-21-16(13-5-3-11(17)9-15(13)20)8-10-7-12(18)4-6-14(10)19/h3-7,9,16,21H,2,8H2,1H3. The Bertz CT molecular complexity index is 631. The Kier molecular flexibility index (Phi) is 6.39. The summed E-state index contributed by atoms with van der Waals surface area (Å²) < 4.78 is 0.965. The second-order valence-electron chi connectivity index (χ2n) is 4.72. The van der Waals surface area contributed by atoms with Crippen LogP contribution in [-0.4, -0.2) is 6.54 Å². The molecular formula is C16H15BrCl3N. The third-order valence-corrected chi connectivity index (χ3v) is 4.64. The van der Waals surface area contributed by atoms with Crippen LogP contribution in [0.5, 0.6) is 0 Å². The lowest BCUT2D eigenvalue weighted by Gasteiger charge is -2.20. The van der Waals surface area contributed by atoms with Gasteiger partial charge in [0, 0.05) is 25.6 Å². The lowest BCUT2D eigenvalue weighted by atomic mass is 9.98. The number of likely N-dealkylation sites (N-methyl/N-ethyl adjacent to an activating group) is 1. The Labute approximate surface area is 148 Å². The molecule has 0 amide bonds. The van der Waals surface area contributed by atoms with Gasteiger partial charge >= 0.3 is 0 Å². The van der Waals surface area contributed by atoms with Gasteiger partial charge in [-0.3, -0.25) is 0 Å². The second-order valence-corrected chi connectivity index (χ2v) is 6.88. The van der Waals surface area contributed by atoms with Crippen molar-refractivity contribution in [2.45, 2.75) is 19.4 Å². The lowest BCUT2D eigenvalue weighted by Crippen LogP contribution is -2.23. The van der Waals surface area contributed by atoms with Gasteiger partial charge in [0.2, 0.25) is 0 Å². The van der Waals surface area contributed by atoms with Crippen LogP contribution in [-0.2, 0) is 6.42 Å². The molecule has 0 heterocycles. The van der Waals surface area contributed by atoms with Crippen molar-refractivity contribution in [2.75, 3.05) is 6.54 Å². The van der Waals surface area contributed by atoms with Gasteiger partial charge in [-0.25, -0.2) is 0 Å². The van der Waals surface area contributed by atoms with Gasteiger partial charge in [-0.05, 0) is 54.4 Å². The molecule has 1 nitrogen and oxygen atoms in total. The van der Waals surface area contributed by atoms with E-state index in [0.29, 0.717) is 5.02 Å². The Morgan fingerprint density at radius 3 is 2.48 bits per heavy atom. The minimum absolute atomic E-state index is 0.0894. The molecule has 1 atom stereocenters. The second kappa shape index (κ2) is 7.85. The van der Waals surface area contributed by atoms with Gasteiger partial charge in [0.15, 0.2) is 0 Å². The highest BCUT2D eigenvalue weighted by atomic mass is 79.9. The van der Waals surface area contributed by atoms with E-state index in [1.165, 1.54) is 0 Å². The van der Waals surface area contributed by atoms with E-state index in [1.54, 1.807) is 6.07 Å². The van der Waals surface area contributed by atoms with Crippen molar-refractivity contribution < 1.29 is 0 Å². The van der Waals surface area contributed by atoms with Gasteiger partial charge in [0.1, 0.15) is 0 Å². The Morgan fingerprint density at radius 1 is 1.05 bits per heavy atom. The van der Waals surface area contributed by atoms with Gasteiger partial charge in [-0.15, -0.1) is 0 Å². The molecule has 2 aromatic rings. The molecule has 21 heavy (non-hydrogen) atoms. The van der Waals surface area contributed by atoms with Crippen molar-refractivity contribution >= 4 is 50.7 Å². The molecule has 0 aliphatic rings. The molecule has 0 bridgehead atoms. The van der Waals surface area contributed by atoms with E-state index in [2.05, 4.69) is 28.2 Å². The first-order chi connectivity index (χ1) is 10.0. The predicted molar refractivity (Wildman–Crippen MR) is 95.7 cm³/mol. The molecule has 112 valence electrons. The van der Waals surface area contributed by atoms with Crippen LogP contribution in [0.25, 0.3) is 0 Å². The van der Waals surface area contributed by atoms with Crippen LogP contribution in [0.1, 0.15) is 24.1 Å². The van der Waals surface area contributed by atoms with Crippen molar-refractivity contribution in [3.05, 3.63) is 67.1 Å². The number of nitrogens with one attached hydrogen (secondary N) is 1. The van der Waals surface area contributed by atoms with E-state index >= 15 is 0 Å². The molecule has 1 unspecified atom stereocenters. The summed E-state index contributed by atoms with van der Waals surface area (Å²) in [5.74, 6) is 0. The highest BCUT2D eigenvalue weighted by molar-refractivity contribution is 9.10. The van der Waals surface area contributed by atoms with E-state index in [4.69, 9.17) is 34.8 Å². The third kappa shape index (κ3) is 4.61. The van der Waals surface area contributed by atoms with Crippen molar-refractivity contribution in [1.29, 1.82) is 0 Å². The smallest absolute Gasteiger partial charge is 0.0465 e. The Hall–Kier alpha value is -0.250. The molecule has 0 spiro atoms. The Morgan fingerprint density at radius 2 is 1.81 bits per heavy atom. The quantitative estimate of drug-likeness (QED) is 0.613. The number of hydrogen-bond acceptors (Lipinski definition) is 1. The van der Waals surface area contributed by atoms with Crippen LogP contribution < -0.4 is 5.32 Å². The SMILES string of the molecule is CCNC(Cc1cc(Cl)ccc1Cl)c1ccc(Br)cc1Cl. The first-order valence-corrected chi connectivity index (χ1v) is 8.56. The molecule has 0 radical (unpaired) electrons. The zero-order valence-corrected chi connectivity index (χ0v) is 15.3. The molecule has 2 aromatic carbocycles. The molecule has 0 fully saturated rings. The maximum absolute atomic E-state index is 6.37. The number of benzene rings is 2. The van der Waals surface area contributed by atoms with Gasteiger partial charge in [-0.1, -0.05) is 63.7 Å². The van der Waals surface area contributed by atoms with Gasteiger partial charge in [-0.2, -0.15) is 0 Å². The van der Waals surface area contributed by atoms with Gasteiger partial charge in [0.25, 0.3) is 0 Å². The van der Waals surface area contributed by atoms with Crippen LogP contribution in [0.15, 0.2) is 40.9 Å². The van der Waals surface area contributed by atoms with E-state index < -0.39 is 0 Å². The Balaban J connectivity index is 2.32. The molecule has 0 saturated heterocycles. The van der Waals surface area contributed by atoms with Crippen LogP contribution in [0, 0.1) is 0 Å². The van der Waals surface area contributed by atoms with Crippen LogP contribution in [0.4, 0.5) is 0 Å². The summed E-state index contributed by atoms with van der Waals surface area (Å²) in [5.41, 5.74) is 2.06. The summed E-state index contributed by atoms with van der Waals surface area (Å²) in [5, 5.41) is 5.59. The maximum atomic E-state index is 6.37. The fourth-order valence-electron chi connectivity index (χ4n) is 2.24. The number of hydrogen-bond donors (Lipinski definition) is 1. The average Bonchev–Trinajstić information content (AvgIpc) is 2.42. The summed E-state index contributed by atoms with van der Waals surface area (Å²) in [6.07, 6.45) is 0.731. The normalized spacial score (nSPS) is 12.4. The van der Waals surface area contributed by atoms with E-state index in [1.807, 2.05) is 30.3 Å². The summed E-state index contributed by atoms with van der Waals surface area (Å²) in [6, 6.07) is 11.5. The van der Waals surface area contributed by atoms with Crippen LogP contribution in [0.3, 0.4) is 0 Å².